The zero-order valence-corrected chi connectivity index (χ0v) is 19.6. The molecular formula is C30H36BN. The van der Waals surface area contributed by atoms with Crippen molar-refractivity contribution in [2.45, 2.75) is 76.3 Å². The molecule has 0 amide bonds. The molecule has 1 N–H and O–H groups in total. The molecular weight excluding hydrogens is 385 g/mol. The Morgan fingerprint density at radius 3 is 1.78 bits per heavy atom. The Balaban J connectivity index is 0.000000146. The standard InChI is InChI=1S/C18H13B.C12H23N/c19-17-7-3-6-12-8-9-15-10-13-4-1-2-5-14(13)11-16(15)18(12)17;1-3-7-11(8-4-1)13-12-9-5-2-6-10-12/h1-11H,19H2;11-13H,1-10H2. The van der Waals surface area contributed by atoms with Gasteiger partial charge < -0.3 is 5.32 Å². The highest BCUT2D eigenvalue weighted by Crippen LogP contribution is 2.28. The maximum atomic E-state index is 3.86. The fraction of sp³-hybridized carbons (Fsp3) is 0.400. The SMILES string of the molecule is Bc1cccc2ccc3cc4ccccc4cc3c12.C1CCC(NC2CCCCC2)CC1. The molecule has 0 atom stereocenters. The van der Waals surface area contributed by atoms with Gasteiger partial charge in [-0.25, -0.2) is 0 Å². The van der Waals surface area contributed by atoms with Crippen LogP contribution in [0.15, 0.2) is 66.7 Å². The molecule has 0 heterocycles. The van der Waals surface area contributed by atoms with E-state index in [2.05, 4.69) is 79.9 Å². The first-order chi connectivity index (χ1) is 15.8. The maximum absolute atomic E-state index is 3.86. The second kappa shape index (κ2) is 10.1. The maximum Gasteiger partial charge on any atom is 0.140 e. The molecule has 2 aliphatic carbocycles. The molecule has 2 heteroatoms. The van der Waals surface area contributed by atoms with Crippen LogP contribution in [-0.2, 0) is 0 Å². The third-order valence-electron chi connectivity index (χ3n) is 7.62. The fourth-order valence-electron chi connectivity index (χ4n) is 5.86. The Kier molecular flexibility index (Phi) is 6.79. The summed E-state index contributed by atoms with van der Waals surface area (Å²) < 4.78 is 0. The van der Waals surface area contributed by atoms with Crippen molar-refractivity contribution in [3.05, 3.63) is 66.7 Å². The van der Waals surface area contributed by atoms with Crippen LogP contribution < -0.4 is 10.8 Å². The van der Waals surface area contributed by atoms with Gasteiger partial charge in [-0.3, -0.25) is 0 Å². The summed E-state index contributed by atoms with van der Waals surface area (Å²) in [5.74, 6) is 0. The molecule has 0 saturated heterocycles. The van der Waals surface area contributed by atoms with Crippen LogP contribution in [0.25, 0.3) is 32.3 Å². The van der Waals surface area contributed by atoms with E-state index in [1.165, 1.54) is 102 Å². The van der Waals surface area contributed by atoms with Gasteiger partial charge in [0.2, 0.25) is 0 Å². The molecule has 6 rings (SSSR count). The molecule has 0 bridgehead atoms. The monoisotopic (exact) mass is 421 g/mol. The van der Waals surface area contributed by atoms with Crippen molar-refractivity contribution in [2.24, 2.45) is 0 Å². The number of benzene rings is 4. The molecule has 4 aromatic carbocycles. The van der Waals surface area contributed by atoms with E-state index >= 15 is 0 Å². The van der Waals surface area contributed by atoms with E-state index in [9.17, 15) is 0 Å². The second-order valence-corrected chi connectivity index (χ2v) is 10.00. The molecule has 2 fully saturated rings. The van der Waals surface area contributed by atoms with E-state index < -0.39 is 0 Å². The zero-order chi connectivity index (χ0) is 21.8. The Morgan fingerprint density at radius 2 is 1.12 bits per heavy atom. The van der Waals surface area contributed by atoms with Gasteiger partial charge in [0.05, 0.1) is 0 Å². The van der Waals surface area contributed by atoms with Crippen molar-refractivity contribution in [1.29, 1.82) is 0 Å². The van der Waals surface area contributed by atoms with Crippen molar-refractivity contribution in [1.82, 2.24) is 5.32 Å². The summed E-state index contributed by atoms with van der Waals surface area (Å²) in [4.78, 5) is 0. The Bertz CT molecular complexity index is 1170. The first-order valence-corrected chi connectivity index (χ1v) is 12.8. The zero-order valence-electron chi connectivity index (χ0n) is 19.6. The van der Waals surface area contributed by atoms with E-state index in [1.807, 2.05) is 0 Å². The third kappa shape index (κ3) is 4.86. The van der Waals surface area contributed by atoms with Crippen LogP contribution in [0.2, 0.25) is 0 Å². The molecule has 4 aromatic rings. The summed E-state index contributed by atoms with van der Waals surface area (Å²) in [6.07, 6.45) is 14.6. The van der Waals surface area contributed by atoms with E-state index in [-0.39, 0.29) is 0 Å². The molecule has 2 saturated carbocycles. The predicted molar refractivity (Wildman–Crippen MR) is 144 cm³/mol. The van der Waals surface area contributed by atoms with Gasteiger partial charge in [-0.05, 0) is 70.1 Å². The average Bonchev–Trinajstić information content (AvgIpc) is 2.84. The van der Waals surface area contributed by atoms with Gasteiger partial charge in [-0.15, -0.1) is 0 Å². The molecule has 0 radical (unpaired) electrons. The minimum absolute atomic E-state index is 0.872. The molecule has 0 aliphatic heterocycles. The van der Waals surface area contributed by atoms with Gasteiger partial charge >= 0.3 is 0 Å². The Morgan fingerprint density at radius 1 is 0.562 bits per heavy atom. The van der Waals surface area contributed by atoms with Gasteiger partial charge in [-0.2, -0.15) is 0 Å². The van der Waals surface area contributed by atoms with Crippen LogP contribution in [0.5, 0.6) is 0 Å². The molecule has 164 valence electrons. The van der Waals surface area contributed by atoms with Crippen molar-refractivity contribution >= 4 is 45.6 Å². The number of hydrogen-bond donors (Lipinski definition) is 1. The number of nitrogens with one attached hydrogen (secondary N) is 1. The van der Waals surface area contributed by atoms with E-state index in [1.54, 1.807) is 0 Å². The van der Waals surface area contributed by atoms with Crippen molar-refractivity contribution < 1.29 is 0 Å². The lowest BCUT2D eigenvalue weighted by atomic mass is 9.87. The highest BCUT2D eigenvalue weighted by atomic mass is 14.9. The summed E-state index contributed by atoms with van der Waals surface area (Å²) in [6, 6.07) is 25.9. The summed E-state index contributed by atoms with van der Waals surface area (Å²) >= 11 is 0. The van der Waals surface area contributed by atoms with Crippen molar-refractivity contribution in [3.8, 4) is 0 Å². The lowest BCUT2D eigenvalue weighted by Crippen LogP contribution is -2.40. The van der Waals surface area contributed by atoms with Crippen molar-refractivity contribution in [2.75, 3.05) is 0 Å². The summed E-state index contributed by atoms with van der Waals surface area (Å²) in [7, 11) is 2.19. The average molecular weight is 421 g/mol. The molecule has 2 aliphatic rings. The molecule has 0 aromatic heterocycles. The molecule has 32 heavy (non-hydrogen) atoms. The van der Waals surface area contributed by atoms with E-state index in [4.69, 9.17) is 0 Å². The second-order valence-electron chi connectivity index (χ2n) is 10.00. The quantitative estimate of drug-likeness (QED) is 0.217. The van der Waals surface area contributed by atoms with Gasteiger partial charge in [0.1, 0.15) is 7.85 Å². The lowest BCUT2D eigenvalue weighted by Gasteiger charge is -2.30. The van der Waals surface area contributed by atoms with Crippen LogP contribution >= 0.6 is 0 Å². The number of rotatable bonds is 2. The van der Waals surface area contributed by atoms with Crippen LogP contribution in [0, 0.1) is 0 Å². The number of fused-ring (bicyclic) bond motifs is 4. The van der Waals surface area contributed by atoms with Crippen LogP contribution in [0.3, 0.4) is 0 Å². The Labute approximate surface area is 194 Å². The first-order valence-electron chi connectivity index (χ1n) is 12.8. The number of hydrogen-bond acceptors (Lipinski definition) is 1. The normalized spacial score (nSPS) is 18.0. The predicted octanol–water partition coefficient (Wildman–Crippen LogP) is 6.65. The van der Waals surface area contributed by atoms with Gasteiger partial charge in [0.25, 0.3) is 0 Å². The van der Waals surface area contributed by atoms with Gasteiger partial charge in [0.15, 0.2) is 0 Å². The van der Waals surface area contributed by atoms with Gasteiger partial charge in [-0.1, -0.05) is 98.6 Å². The molecule has 0 unspecified atom stereocenters. The van der Waals surface area contributed by atoms with Crippen molar-refractivity contribution in [3.63, 3.8) is 0 Å². The summed E-state index contributed by atoms with van der Waals surface area (Å²) in [5, 5.41) is 11.9. The van der Waals surface area contributed by atoms with Gasteiger partial charge in [0, 0.05) is 12.1 Å². The van der Waals surface area contributed by atoms with E-state index in [0.717, 1.165) is 12.1 Å². The van der Waals surface area contributed by atoms with Crippen LogP contribution in [-0.4, -0.2) is 19.9 Å². The highest BCUT2D eigenvalue weighted by molar-refractivity contribution is 6.41. The minimum atomic E-state index is 0.872. The van der Waals surface area contributed by atoms with E-state index in [0.29, 0.717) is 0 Å². The van der Waals surface area contributed by atoms with Crippen LogP contribution in [0.1, 0.15) is 64.2 Å². The minimum Gasteiger partial charge on any atom is -0.311 e. The largest absolute Gasteiger partial charge is 0.311 e. The molecule has 0 spiro atoms. The highest BCUT2D eigenvalue weighted by Gasteiger charge is 2.19. The summed E-state index contributed by atoms with van der Waals surface area (Å²) in [6.45, 7) is 0. The van der Waals surface area contributed by atoms with Crippen LogP contribution in [0.4, 0.5) is 0 Å². The lowest BCUT2D eigenvalue weighted by molar-refractivity contribution is 0.291. The Hall–Kier alpha value is -2.32. The topological polar surface area (TPSA) is 12.0 Å². The first kappa shape index (κ1) is 21.5. The smallest absolute Gasteiger partial charge is 0.140 e. The summed E-state index contributed by atoms with van der Waals surface area (Å²) in [5.41, 5.74) is 1.35. The third-order valence-corrected chi connectivity index (χ3v) is 7.62. The fourth-order valence-corrected chi connectivity index (χ4v) is 5.86. The molecule has 1 nitrogen and oxygen atoms in total.